The van der Waals surface area contributed by atoms with E-state index in [0.717, 1.165) is 0 Å². The fourth-order valence-corrected chi connectivity index (χ4v) is 0.973. The van der Waals surface area contributed by atoms with Crippen LogP contribution in [-0.4, -0.2) is 23.7 Å². The predicted molar refractivity (Wildman–Crippen MR) is 56.0 cm³/mol. The monoisotopic (exact) mass is 209 g/mol. The molecule has 0 atom stereocenters. The zero-order chi connectivity index (χ0) is 11.5. The van der Waals surface area contributed by atoms with Crippen molar-refractivity contribution in [2.45, 2.75) is 26.4 Å². The van der Waals surface area contributed by atoms with Crippen molar-refractivity contribution in [3.05, 3.63) is 23.9 Å². The second-order valence-corrected chi connectivity index (χ2v) is 4.07. The van der Waals surface area contributed by atoms with Crippen molar-refractivity contribution < 1.29 is 14.3 Å². The Hall–Kier alpha value is -1.58. The molecule has 4 nitrogen and oxygen atoms in total. The molecule has 0 aliphatic heterocycles. The van der Waals surface area contributed by atoms with Gasteiger partial charge in [-0.3, -0.25) is 0 Å². The van der Waals surface area contributed by atoms with Crippen LogP contribution in [0.5, 0.6) is 5.88 Å². The first kappa shape index (κ1) is 11.5. The minimum absolute atomic E-state index is 0.254. The van der Waals surface area contributed by atoms with E-state index < -0.39 is 11.6 Å². The van der Waals surface area contributed by atoms with Crippen LogP contribution in [0.4, 0.5) is 0 Å². The fraction of sp³-hybridized carbons (Fsp3) is 0.455. The quantitative estimate of drug-likeness (QED) is 0.699. The van der Waals surface area contributed by atoms with Gasteiger partial charge in [0, 0.05) is 6.07 Å². The lowest BCUT2D eigenvalue weighted by Gasteiger charge is -2.19. The lowest BCUT2D eigenvalue weighted by Crippen LogP contribution is -2.24. The first-order valence-corrected chi connectivity index (χ1v) is 4.67. The first-order chi connectivity index (χ1) is 6.92. The second kappa shape index (κ2) is 4.29. The van der Waals surface area contributed by atoms with Crippen molar-refractivity contribution in [3.8, 4) is 5.88 Å². The highest BCUT2D eigenvalue weighted by atomic mass is 16.6. The van der Waals surface area contributed by atoms with Gasteiger partial charge in [-0.2, -0.15) is 0 Å². The van der Waals surface area contributed by atoms with Crippen molar-refractivity contribution in [2.24, 2.45) is 0 Å². The van der Waals surface area contributed by atoms with Crippen molar-refractivity contribution >= 4 is 5.97 Å². The molecule has 1 aromatic heterocycles. The van der Waals surface area contributed by atoms with Gasteiger partial charge < -0.3 is 9.47 Å². The summed E-state index contributed by atoms with van der Waals surface area (Å²) in [6.07, 6.45) is 0. The van der Waals surface area contributed by atoms with E-state index in [4.69, 9.17) is 9.47 Å². The molecular weight excluding hydrogens is 194 g/mol. The SMILES string of the molecule is COc1cccc(C(=O)OC(C)(C)C)n1. The summed E-state index contributed by atoms with van der Waals surface area (Å²) in [6.45, 7) is 5.43. The van der Waals surface area contributed by atoms with E-state index in [-0.39, 0.29) is 5.69 Å². The number of rotatable bonds is 2. The Balaban J connectivity index is 2.82. The Labute approximate surface area is 89.2 Å². The molecule has 0 spiro atoms. The standard InChI is InChI=1S/C11H15NO3/c1-11(2,3)15-10(13)8-6-5-7-9(12-8)14-4/h5-7H,1-4H3. The summed E-state index contributed by atoms with van der Waals surface area (Å²) in [7, 11) is 1.50. The number of methoxy groups -OCH3 is 1. The number of aromatic nitrogens is 1. The van der Waals surface area contributed by atoms with Crippen LogP contribution in [0.25, 0.3) is 0 Å². The van der Waals surface area contributed by atoms with Crippen LogP contribution in [0.15, 0.2) is 18.2 Å². The van der Waals surface area contributed by atoms with Gasteiger partial charge in [-0.15, -0.1) is 0 Å². The molecule has 0 amide bonds. The molecular formula is C11H15NO3. The summed E-state index contributed by atoms with van der Waals surface area (Å²) in [6, 6.07) is 4.97. The van der Waals surface area contributed by atoms with Crippen LogP contribution in [-0.2, 0) is 4.74 Å². The van der Waals surface area contributed by atoms with E-state index in [0.29, 0.717) is 5.88 Å². The second-order valence-electron chi connectivity index (χ2n) is 4.07. The third-order valence-electron chi connectivity index (χ3n) is 1.54. The average Bonchev–Trinajstić information content (AvgIpc) is 2.15. The van der Waals surface area contributed by atoms with E-state index in [2.05, 4.69) is 4.98 Å². The maximum Gasteiger partial charge on any atom is 0.357 e. The molecule has 0 saturated heterocycles. The third-order valence-corrected chi connectivity index (χ3v) is 1.54. The summed E-state index contributed by atoms with van der Waals surface area (Å²) < 4.78 is 10.1. The molecule has 1 heterocycles. The minimum atomic E-state index is -0.512. The van der Waals surface area contributed by atoms with E-state index >= 15 is 0 Å². The van der Waals surface area contributed by atoms with E-state index in [9.17, 15) is 4.79 Å². The van der Waals surface area contributed by atoms with Crippen LogP contribution in [0.2, 0.25) is 0 Å². The maximum absolute atomic E-state index is 11.6. The maximum atomic E-state index is 11.6. The van der Waals surface area contributed by atoms with Gasteiger partial charge in [0.25, 0.3) is 0 Å². The van der Waals surface area contributed by atoms with E-state index in [1.54, 1.807) is 18.2 Å². The molecule has 4 heteroatoms. The van der Waals surface area contributed by atoms with Gasteiger partial charge in [-0.25, -0.2) is 9.78 Å². The van der Waals surface area contributed by atoms with Crippen LogP contribution in [0, 0.1) is 0 Å². The Morgan fingerprint density at radius 2 is 2.00 bits per heavy atom. The minimum Gasteiger partial charge on any atom is -0.481 e. The summed E-state index contributed by atoms with van der Waals surface area (Å²) in [4.78, 5) is 15.6. The fourth-order valence-electron chi connectivity index (χ4n) is 0.973. The molecule has 0 bridgehead atoms. The van der Waals surface area contributed by atoms with Gasteiger partial charge in [0.05, 0.1) is 7.11 Å². The number of carbonyl (C=O) groups excluding carboxylic acids is 1. The van der Waals surface area contributed by atoms with E-state index in [1.165, 1.54) is 7.11 Å². The predicted octanol–water partition coefficient (Wildman–Crippen LogP) is 2.05. The zero-order valence-corrected chi connectivity index (χ0v) is 9.40. The van der Waals surface area contributed by atoms with Crippen molar-refractivity contribution in [2.75, 3.05) is 7.11 Å². The molecule has 0 unspecified atom stereocenters. The van der Waals surface area contributed by atoms with Gasteiger partial charge in [0.15, 0.2) is 5.69 Å². The Bertz CT molecular complexity index is 355. The number of carbonyl (C=O) groups is 1. The number of hydrogen-bond acceptors (Lipinski definition) is 4. The smallest absolute Gasteiger partial charge is 0.357 e. The lowest BCUT2D eigenvalue weighted by atomic mass is 10.2. The molecule has 0 radical (unpaired) electrons. The van der Waals surface area contributed by atoms with Crippen molar-refractivity contribution in [3.63, 3.8) is 0 Å². The van der Waals surface area contributed by atoms with Gasteiger partial charge in [-0.05, 0) is 26.8 Å². The molecule has 82 valence electrons. The molecule has 0 saturated carbocycles. The van der Waals surface area contributed by atoms with Gasteiger partial charge in [0.1, 0.15) is 5.60 Å². The third kappa shape index (κ3) is 3.58. The largest absolute Gasteiger partial charge is 0.481 e. The molecule has 1 rings (SSSR count). The lowest BCUT2D eigenvalue weighted by molar-refractivity contribution is 0.00620. The number of pyridine rings is 1. The van der Waals surface area contributed by atoms with Gasteiger partial charge in [-0.1, -0.05) is 6.07 Å². The van der Waals surface area contributed by atoms with Crippen molar-refractivity contribution in [1.82, 2.24) is 4.98 Å². The van der Waals surface area contributed by atoms with Gasteiger partial charge in [0.2, 0.25) is 5.88 Å². The summed E-state index contributed by atoms with van der Waals surface area (Å²) in [5, 5.41) is 0. The van der Waals surface area contributed by atoms with Crippen LogP contribution in [0.3, 0.4) is 0 Å². The molecule has 0 aromatic carbocycles. The van der Waals surface area contributed by atoms with Gasteiger partial charge >= 0.3 is 5.97 Å². The Morgan fingerprint density at radius 1 is 1.33 bits per heavy atom. The Kier molecular flexibility index (Phi) is 3.29. The number of ether oxygens (including phenoxy) is 2. The molecule has 1 aromatic rings. The average molecular weight is 209 g/mol. The molecule has 0 N–H and O–H groups in total. The zero-order valence-electron chi connectivity index (χ0n) is 9.40. The molecule has 15 heavy (non-hydrogen) atoms. The van der Waals surface area contributed by atoms with Crippen LogP contribution in [0.1, 0.15) is 31.3 Å². The van der Waals surface area contributed by atoms with E-state index in [1.807, 2.05) is 20.8 Å². The highest BCUT2D eigenvalue weighted by molar-refractivity contribution is 5.87. The molecule has 0 fully saturated rings. The number of nitrogens with zero attached hydrogens (tertiary/aromatic N) is 1. The number of hydrogen-bond donors (Lipinski definition) is 0. The summed E-state index contributed by atoms with van der Waals surface area (Å²) in [5.41, 5.74) is -0.258. The number of esters is 1. The topological polar surface area (TPSA) is 48.4 Å². The van der Waals surface area contributed by atoms with Crippen LogP contribution >= 0.6 is 0 Å². The normalized spacial score (nSPS) is 10.9. The van der Waals surface area contributed by atoms with Crippen LogP contribution < -0.4 is 4.74 Å². The van der Waals surface area contributed by atoms with Crippen molar-refractivity contribution in [1.29, 1.82) is 0 Å². The molecule has 0 aliphatic rings. The molecule has 0 aliphatic carbocycles. The Morgan fingerprint density at radius 3 is 2.53 bits per heavy atom. The highest BCUT2D eigenvalue weighted by Gasteiger charge is 2.18. The summed E-state index contributed by atoms with van der Waals surface area (Å²) >= 11 is 0. The first-order valence-electron chi connectivity index (χ1n) is 4.67. The highest BCUT2D eigenvalue weighted by Crippen LogP contribution is 2.12. The summed E-state index contributed by atoms with van der Waals surface area (Å²) in [5.74, 6) is -0.0419.